The molecule has 3 saturated heterocycles. The van der Waals surface area contributed by atoms with Gasteiger partial charge in [-0.3, -0.25) is 9.89 Å². The second-order valence-corrected chi connectivity index (χ2v) is 8.93. The van der Waals surface area contributed by atoms with Crippen LogP contribution in [-0.2, 0) is 4.74 Å². The van der Waals surface area contributed by atoms with Crippen LogP contribution in [0.25, 0.3) is 0 Å². The van der Waals surface area contributed by atoms with E-state index in [9.17, 15) is 0 Å². The minimum Gasteiger partial charge on any atom is -0.381 e. The summed E-state index contributed by atoms with van der Waals surface area (Å²) >= 11 is 0. The second-order valence-electron chi connectivity index (χ2n) is 8.93. The Labute approximate surface area is 154 Å². The molecular formula is C20H38N4O. The van der Waals surface area contributed by atoms with E-state index in [0.29, 0.717) is 17.4 Å². The average molecular weight is 351 g/mol. The molecule has 0 aromatic carbocycles. The molecule has 2 unspecified atom stereocenters. The van der Waals surface area contributed by atoms with Crippen molar-refractivity contribution in [3.63, 3.8) is 0 Å². The molecule has 3 rings (SSSR count). The standard InChI is InChI=1S/C20H38N4O/c1-16(2)18(23-9-5-17(3)6-10-23)13-22-19(21-4)24-11-7-20(14-24)8-12-25-15-20/h16-18H,5-15H2,1-4H3,(H,21,22). The van der Waals surface area contributed by atoms with Crippen molar-refractivity contribution >= 4 is 5.96 Å². The normalized spacial score (nSPS) is 30.6. The van der Waals surface area contributed by atoms with Gasteiger partial charge in [0, 0.05) is 44.7 Å². The number of aliphatic imine (C=N–C) groups is 1. The molecule has 0 bridgehead atoms. The predicted octanol–water partition coefficient (Wildman–Crippen LogP) is 2.43. The Morgan fingerprint density at radius 1 is 1.24 bits per heavy atom. The van der Waals surface area contributed by atoms with E-state index in [-0.39, 0.29) is 0 Å². The van der Waals surface area contributed by atoms with Crippen LogP contribution in [-0.4, -0.2) is 74.8 Å². The first-order chi connectivity index (χ1) is 12.0. The minimum absolute atomic E-state index is 0.387. The molecule has 0 aliphatic carbocycles. The van der Waals surface area contributed by atoms with Gasteiger partial charge in [0.15, 0.2) is 5.96 Å². The van der Waals surface area contributed by atoms with Gasteiger partial charge in [-0.25, -0.2) is 0 Å². The summed E-state index contributed by atoms with van der Waals surface area (Å²) in [4.78, 5) is 9.73. The molecule has 3 heterocycles. The first-order valence-electron chi connectivity index (χ1n) is 10.3. The maximum atomic E-state index is 5.67. The van der Waals surface area contributed by atoms with Crippen LogP contribution in [0.3, 0.4) is 0 Å². The van der Waals surface area contributed by atoms with Crippen LogP contribution in [0.1, 0.15) is 46.5 Å². The van der Waals surface area contributed by atoms with Crippen molar-refractivity contribution in [1.82, 2.24) is 15.1 Å². The van der Waals surface area contributed by atoms with Gasteiger partial charge in [-0.2, -0.15) is 0 Å². The molecule has 3 fully saturated rings. The van der Waals surface area contributed by atoms with Crippen molar-refractivity contribution < 1.29 is 4.74 Å². The number of rotatable bonds is 4. The minimum atomic E-state index is 0.387. The predicted molar refractivity (Wildman–Crippen MR) is 104 cm³/mol. The Hall–Kier alpha value is -0.810. The van der Waals surface area contributed by atoms with Crippen LogP contribution in [0.4, 0.5) is 0 Å². The van der Waals surface area contributed by atoms with Crippen molar-refractivity contribution in [3.05, 3.63) is 0 Å². The molecule has 1 N–H and O–H groups in total. The maximum absolute atomic E-state index is 5.67. The van der Waals surface area contributed by atoms with Crippen LogP contribution in [0.15, 0.2) is 4.99 Å². The van der Waals surface area contributed by atoms with Gasteiger partial charge in [0.1, 0.15) is 0 Å². The molecule has 0 aromatic heterocycles. The fraction of sp³-hybridized carbons (Fsp3) is 0.950. The van der Waals surface area contributed by atoms with E-state index < -0.39 is 0 Å². The maximum Gasteiger partial charge on any atom is 0.193 e. The van der Waals surface area contributed by atoms with Crippen LogP contribution in [0, 0.1) is 17.3 Å². The lowest BCUT2D eigenvalue weighted by Crippen LogP contribution is -2.52. The van der Waals surface area contributed by atoms with Crippen LogP contribution in [0.2, 0.25) is 0 Å². The van der Waals surface area contributed by atoms with Crippen molar-refractivity contribution in [3.8, 4) is 0 Å². The largest absolute Gasteiger partial charge is 0.381 e. The van der Waals surface area contributed by atoms with Crippen molar-refractivity contribution in [2.75, 3.05) is 53.0 Å². The van der Waals surface area contributed by atoms with E-state index in [4.69, 9.17) is 4.74 Å². The van der Waals surface area contributed by atoms with Crippen molar-refractivity contribution in [2.45, 2.75) is 52.5 Å². The molecule has 144 valence electrons. The fourth-order valence-electron chi connectivity index (χ4n) is 4.76. The van der Waals surface area contributed by atoms with Crippen molar-refractivity contribution in [2.24, 2.45) is 22.2 Å². The first kappa shape index (κ1) is 19.0. The van der Waals surface area contributed by atoms with Gasteiger partial charge in [-0.05, 0) is 50.6 Å². The number of nitrogens with zero attached hydrogens (tertiary/aromatic N) is 3. The van der Waals surface area contributed by atoms with Crippen LogP contribution >= 0.6 is 0 Å². The van der Waals surface area contributed by atoms with Gasteiger partial charge in [0.25, 0.3) is 0 Å². The summed E-state index contributed by atoms with van der Waals surface area (Å²) in [5.41, 5.74) is 0.387. The summed E-state index contributed by atoms with van der Waals surface area (Å²) in [5, 5.41) is 3.70. The summed E-state index contributed by atoms with van der Waals surface area (Å²) in [6, 6.07) is 0.593. The zero-order valence-electron chi connectivity index (χ0n) is 16.8. The third-order valence-electron chi connectivity index (χ3n) is 6.66. The Morgan fingerprint density at radius 2 is 2.00 bits per heavy atom. The summed E-state index contributed by atoms with van der Waals surface area (Å²) in [6.45, 7) is 14.7. The SMILES string of the molecule is CN=C(NCC(C(C)C)N1CCC(C)CC1)N1CCC2(CCOC2)C1. The van der Waals surface area contributed by atoms with E-state index in [1.807, 2.05) is 7.05 Å². The lowest BCUT2D eigenvalue weighted by molar-refractivity contribution is 0.109. The van der Waals surface area contributed by atoms with Crippen LogP contribution < -0.4 is 5.32 Å². The number of ether oxygens (including phenoxy) is 1. The van der Waals surface area contributed by atoms with E-state index in [1.54, 1.807) is 0 Å². The quantitative estimate of drug-likeness (QED) is 0.624. The van der Waals surface area contributed by atoms with Gasteiger partial charge in [0.05, 0.1) is 6.61 Å². The summed E-state index contributed by atoms with van der Waals surface area (Å²) in [7, 11) is 1.92. The molecule has 0 amide bonds. The number of hydrogen-bond acceptors (Lipinski definition) is 3. The third kappa shape index (κ3) is 4.48. The number of likely N-dealkylation sites (tertiary alicyclic amines) is 2. The first-order valence-corrected chi connectivity index (χ1v) is 10.3. The third-order valence-corrected chi connectivity index (χ3v) is 6.66. The molecule has 2 atom stereocenters. The molecule has 3 aliphatic rings. The Morgan fingerprint density at radius 3 is 2.60 bits per heavy atom. The summed E-state index contributed by atoms with van der Waals surface area (Å²) < 4.78 is 5.67. The summed E-state index contributed by atoms with van der Waals surface area (Å²) in [5.74, 6) is 2.63. The number of guanidine groups is 1. The van der Waals surface area contributed by atoms with Crippen molar-refractivity contribution in [1.29, 1.82) is 0 Å². The highest BCUT2D eigenvalue weighted by molar-refractivity contribution is 5.80. The zero-order valence-corrected chi connectivity index (χ0v) is 16.8. The number of nitrogens with one attached hydrogen (secondary N) is 1. The topological polar surface area (TPSA) is 40.1 Å². The Kier molecular flexibility index (Phi) is 6.26. The average Bonchev–Trinajstić information content (AvgIpc) is 3.23. The van der Waals surface area contributed by atoms with Gasteiger partial charge in [0.2, 0.25) is 0 Å². The number of hydrogen-bond donors (Lipinski definition) is 1. The lowest BCUT2D eigenvalue weighted by Gasteiger charge is -2.39. The van der Waals surface area contributed by atoms with E-state index in [1.165, 1.54) is 38.8 Å². The van der Waals surface area contributed by atoms with Gasteiger partial charge in [-0.1, -0.05) is 20.8 Å². The molecule has 3 aliphatic heterocycles. The molecule has 25 heavy (non-hydrogen) atoms. The van der Waals surface area contributed by atoms with E-state index in [2.05, 4.69) is 40.9 Å². The molecule has 5 nitrogen and oxygen atoms in total. The highest BCUT2D eigenvalue weighted by Crippen LogP contribution is 2.38. The summed E-state index contributed by atoms with van der Waals surface area (Å²) in [6.07, 6.45) is 5.13. The molecule has 1 spiro atoms. The smallest absolute Gasteiger partial charge is 0.193 e. The van der Waals surface area contributed by atoms with Gasteiger partial charge in [-0.15, -0.1) is 0 Å². The fourth-order valence-corrected chi connectivity index (χ4v) is 4.76. The van der Waals surface area contributed by atoms with Gasteiger partial charge < -0.3 is 15.0 Å². The number of piperidine rings is 1. The van der Waals surface area contributed by atoms with Gasteiger partial charge >= 0.3 is 0 Å². The zero-order chi connectivity index (χ0) is 17.9. The van der Waals surface area contributed by atoms with E-state index >= 15 is 0 Å². The monoisotopic (exact) mass is 350 g/mol. The van der Waals surface area contributed by atoms with E-state index in [0.717, 1.165) is 44.7 Å². The molecule has 0 aromatic rings. The van der Waals surface area contributed by atoms with Crippen LogP contribution in [0.5, 0.6) is 0 Å². The highest BCUT2D eigenvalue weighted by Gasteiger charge is 2.42. The Bertz CT molecular complexity index is 451. The second kappa shape index (κ2) is 8.26. The Balaban J connectivity index is 1.54. The molecule has 0 saturated carbocycles. The molecule has 0 radical (unpaired) electrons. The molecular weight excluding hydrogens is 312 g/mol. The molecule has 5 heteroatoms. The highest BCUT2D eigenvalue weighted by atomic mass is 16.5. The lowest BCUT2D eigenvalue weighted by atomic mass is 9.87.